The maximum Gasteiger partial charge on any atom is 0.257 e. The first-order valence-corrected chi connectivity index (χ1v) is 9.36. The van der Waals surface area contributed by atoms with E-state index in [0.717, 1.165) is 43.7 Å². The molecule has 1 unspecified atom stereocenters. The number of aromatic nitrogens is 2. The Morgan fingerprint density at radius 1 is 1.35 bits per heavy atom. The minimum Gasteiger partial charge on any atom is -0.496 e. The number of methoxy groups -OCH3 is 1. The Morgan fingerprint density at radius 3 is 3.00 bits per heavy atom. The molecule has 0 bridgehead atoms. The number of benzene rings is 1. The quantitative estimate of drug-likeness (QED) is 0.809. The van der Waals surface area contributed by atoms with Gasteiger partial charge in [-0.15, -0.1) is 0 Å². The number of hydrogen-bond donors (Lipinski definition) is 0. The third kappa shape index (κ3) is 2.84. The molecule has 0 N–H and O–H groups in total. The molecule has 0 saturated carbocycles. The summed E-state index contributed by atoms with van der Waals surface area (Å²) in [6.45, 7) is 3.36. The van der Waals surface area contributed by atoms with Crippen molar-refractivity contribution in [2.75, 3.05) is 20.2 Å². The molecule has 2 heterocycles. The van der Waals surface area contributed by atoms with Crippen molar-refractivity contribution < 1.29 is 9.53 Å². The van der Waals surface area contributed by atoms with Crippen molar-refractivity contribution in [1.82, 2.24) is 14.9 Å². The minimum absolute atomic E-state index is 0.0253. The highest BCUT2D eigenvalue weighted by Gasteiger charge is 2.44. The van der Waals surface area contributed by atoms with Crippen molar-refractivity contribution in [2.45, 2.75) is 38.0 Å². The molecule has 26 heavy (non-hydrogen) atoms. The van der Waals surface area contributed by atoms with E-state index in [9.17, 15) is 4.79 Å². The Morgan fingerprint density at radius 2 is 2.19 bits per heavy atom. The third-order valence-electron chi connectivity index (χ3n) is 5.62. The van der Waals surface area contributed by atoms with Crippen LogP contribution in [0.1, 0.15) is 46.7 Å². The van der Waals surface area contributed by atoms with E-state index in [1.54, 1.807) is 25.3 Å². The largest absolute Gasteiger partial charge is 0.496 e. The van der Waals surface area contributed by atoms with Gasteiger partial charge in [-0.1, -0.05) is 11.6 Å². The summed E-state index contributed by atoms with van der Waals surface area (Å²) in [5.74, 6) is 1.33. The molecule has 1 amide bonds. The zero-order valence-electron chi connectivity index (χ0n) is 15.1. The molecule has 136 valence electrons. The SMILES string of the molecule is COc1ccc(Cl)cc1C(=O)N1CCCC2(CCc3cnc(C)nc32)C1. The van der Waals surface area contributed by atoms with E-state index < -0.39 is 0 Å². The third-order valence-corrected chi connectivity index (χ3v) is 5.85. The topological polar surface area (TPSA) is 55.3 Å². The van der Waals surface area contributed by atoms with Gasteiger partial charge in [0.05, 0.1) is 18.4 Å². The standard InChI is InChI=1S/C20H22ClN3O2/c1-13-22-11-14-6-8-20(18(14)23-13)7-3-9-24(12-20)19(25)16-10-15(21)4-5-17(16)26-2/h4-5,10-11H,3,6-9,12H2,1-2H3. The first-order chi connectivity index (χ1) is 12.5. The Hall–Kier alpha value is -2.14. The summed E-state index contributed by atoms with van der Waals surface area (Å²) in [7, 11) is 1.57. The number of likely N-dealkylation sites (tertiary alicyclic amines) is 1. The molecular weight excluding hydrogens is 350 g/mol. The smallest absolute Gasteiger partial charge is 0.257 e. The number of aryl methyl sites for hydroxylation is 2. The molecule has 1 fully saturated rings. The summed E-state index contributed by atoms with van der Waals surface area (Å²) in [5, 5.41) is 0.537. The van der Waals surface area contributed by atoms with Crippen LogP contribution in [-0.4, -0.2) is 41.0 Å². The van der Waals surface area contributed by atoms with Crippen LogP contribution in [0.2, 0.25) is 5.02 Å². The maximum absolute atomic E-state index is 13.2. The number of carbonyl (C=O) groups is 1. The summed E-state index contributed by atoms with van der Waals surface area (Å²) in [6.07, 6.45) is 5.99. The molecular formula is C20H22ClN3O2. The van der Waals surface area contributed by atoms with Crippen LogP contribution in [0.25, 0.3) is 0 Å². The molecule has 5 nitrogen and oxygen atoms in total. The van der Waals surface area contributed by atoms with E-state index in [1.807, 2.05) is 18.0 Å². The maximum atomic E-state index is 13.2. The highest BCUT2D eigenvalue weighted by atomic mass is 35.5. The second-order valence-electron chi connectivity index (χ2n) is 7.25. The van der Waals surface area contributed by atoms with Crippen molar-refractivity contribution in [2.24, 2.45) is 0 Å². The lowest BCUT2D eigenvalue weighted by atomic mass is 9.77. The molecule has 2 aromatic rings. The molecule has 2 aliphatic rings. The van der Waals surface area contributed by atoms with Crippen LogP contribution in [0.5, 0.6) is 5.75 Å². The number of amides is 1. The Balaban J connectivity index is 1.66. The van der Waals surface area contributed by atoms with Gasteiger partial charge in [-0.05, 0) is 56.4 Å². The van der Waals surface area contributed by atoms with Crippen molar-refractivity contribution in [3.8, 4) is 5.75 Å². The second kappa shape index (κ2) is 6.54. The van der Waals surface area contributed by atoms with Crippen molar-refractivity contribution in [3.63, 3.8) is 0 Å². The fourth-order valence-electron chi connectivity index (χ4n) is 4.35. The van der Waals surface area contributed by atoms with Gasteiger partial charge in [-0.2, -0.15) is 0 Å². The van der Waals surface area contributed by atoms with Crippen LogP contribution in [0.4, 0.5) is 0 Å². The predicted octanol–water partition coefficient (Wildman–Crippen LogP) is 3.57. The van der Waals surface area contributed by atoms with Crippen LogP contribution >= 0.6 is 11.6 Å². The molecule has 1 aliphatic heterocycles. The summed E-state index contributed by atoms with van der Waals surface area (Å²) >= 11 is 6.12. The van der Waals surface area contributed by atoms with E-state index in [1.165, 1.54) is 5.56 Å². The van der Waals surface area contributed by atoms with Crippen LogP contribution in [0.15, 0.2) is 24.4 Å². The molecule has 6 heteroatoms. The molecule has 1 aromatic heterocycles. The van der Waals surface area contributed by atoms with Gasteiger partial charge in [-0.25, -0.2) is 9.97 Å². The summed E-state index contributed by atoms with van der Waals surface area (Å²) < 4.78 is 5.37. The normalized spacial score (nSPS) is 21.7. The molecule has 4 rings (SSSR count). The fraction of sp³-hybridized carbons (Fsp3) is 0.450. The number of halogens is 1. The number of fused-ring (bicyclic) bond motifs is 2. The van der Waals surface area contributed by atoms with Crippen molar-refractivity contribution in [1.29, 1.82) is 0 Å². The highest BCUT2D eigenvalue weighted by molar-refractivity contribution is 6.31. The number of carbonyl (C=O) groups excluding carboxylic acids is 1. The zero-order valence-corrected chi connectivity index (χ0v) is 15.8. The van der Waals surface area contributed by atoms with Crippen molar-refractivity contribution >= 4 is 17.5 Å². The number of ether oxygens (including phenoxy) is 1. The molecule has 1 spiro atoms. The summed E-state index contributed by atoms with van der Waals surface area (Å²) in [6, 6.07) is 5.18. The zero-order chi connectivity index (χ0) is 18.3. The van der Waals surface area contributed by atoms with Crippen LogP contribution in [0.3, 0.4) is 0 Å². The van der Waals surface area contributed by atoms with E-state index in [-0.39, 0.29) is 11.3 Å². The lowest BCUT2D eigenvalue weighted by Gasteiger charge is -2.40. The fourth-order valence-corrected chi connectivity index (χ4v) is 4.52. The second-order valence-corrected chi connectivity index (χ2v) is 7.68. The van der Waals surface area contributed by atoms with Gasteiger partial charge in [-0.3, -0.25) is 4.79 Å². The molecule has 0 radical (unpaired) electrons. The van der Waals surface area contributed by atoms with Gasteiger partial charge in [0.2, 0.25) is 0 Å². The number of hydrogen-bond acceptors (Lipinski definition) is 4. The van der Waals surface area contributed by atoms with Crippen LogP contribution in [-0.2, 0) is 11.8 Å². The highest BCUT2D eigenvalue weighted by Crippen LogP contribution is 2.44. The number of rotatable bonds is 2. The predicted molar refractivity (Wildman–Crippen MR) is 99.9 cm³/mol. The monoisotopic (exact) mass is 371 g/mol. The molecule has 1 aromatic carbocycles. The van der Waals surface area contributed by atoms with Crippen molar-refractivity contribution in [3.05, 3.63) is 52.1 Å². The van der Waals surface area contributed by atoms with E-state index in [0.29, 0.717) is 22.9 Å². The average Bonchev–Trinajstić information content (AvgIpc) is 2.98. The average molecular weight is 372 g/mol. The summed E-state index contributed by atoms with van der Waals surface area (Å²) in [5.41, 5.74) is 2.84. The minimum atomic E-state index is -0.0528. The number of piperidine rings is 1. The van der Waals surface area contributed by atoms with Crippen LogP contribution in [0, 0.1) is 6.92 Å². The van der Waals surface area contributed by atoms with Gasteiger partial charge in [0, 0.05) is 29.7 Å². The van der Waals surface area contributed by atoms with Gasteiger partial charge in [0.15, 0.2) is 0 Å². The Bertz CT molecular complexity index is 866. The number of nitrogens with zero attached hydrogens (tertiary/aromatic N) is 3. The van der Waals surface area contributed by atoms with E-state index in [4.69, 9.17) is 21.3 Å². The van der Waals surface area contributed by atoms with Gasteiger partial charge >= 0.3 is 0 Å². The van der Waals surface area contributed by atoms with Gasteiger partial charge < -0.3 is 9.64 Å². The van der Waals surface area contributed by atoms with Gasteiger partial charge in [0.1, 0.15) is 11.6 Å². The molecule has 1 atom stereocenters. The van der Waals surface area contributed by atoms with Crippen LogP contribution < -0.4 is 4.74 Å². The lowest BCUT2D eigenvalue weighted by Crippen LogP contribution is -2.48. The lowest BCUT2D eigenvalue weighted by molar-refractivity contribution is 0.0630. The summed E-state index contributed by atoms with van der Waals surface area (Å²) in [4.78, 5) is 24.2. The molecule has 1 saturated heterocycles. The first kappa shape index (κ1) is 17.3. The Labute approximate surface area is 158 Å². The molecule has 1 aliphatic carbocycles. The van der Waals surface area contributed by atoms with E-state index in [2.05, 4.69) is 4.98 Å². The Kier molecular flexibility index (Phi) is 4.35. The van der Waals surface area contributed by atoms with Gasteiger partial charge in [0.25, 0.3) is 5.91 Å². The first-order valence-electron chi connectivity index (χ1n) is 8.98. The van der Waals surface area contributed by atoms with E-state index >= 15 is 0 Å².